The van der Waals surface area contributed by atoms with Gasteiger partial charge in [0.25, 0.3) is 0 Å². The maximum atomic E-state index is 12.1. The van der Waals surface area contributed by atoms with E-state index in [-0.39, 0.29) is 5.91 Å². The Morgan fingerprint density at radius 2 is 2.00 bits per heavy atom. The summed E-state index contributed by atoms with van der Waals surface area (Å²) in [6.45, 7) is 1.65. The molecule has 19 heavy (non-hydrogen) atoms. The summed E-state index contributed by atoms with van der Waals surface area (Å²) < 4.78 is 5.47. The summed E-state index contributed by atoms with van der Waals surface area (Å²) in [5.74, 6) is -0.0422. The average Bonchev–Trinajstić information content (AvgIpc) is 3.26. The van der Waals surface area contributed by atoms with Gasteiger partial charge in [-0.25, -0.2) is 4.79 Å². The van der Waals surface area contributed by atoms with E-state index in [1.54, 1.807) is 0 Å². The summed E-state index contributed by atoms with van der Waals surface area (Å²) in [4.78, 5) is 36.5. The molecule has 0 radical (unpaired) electrons. The van der Waals surface area contributed by atoms with Crippen molar-refractivity contribution >= 4 is 17.8 Å². The third-order valence-corrected chi connectivity index (χ3v) is 4.03. The lowest BCUT2D eigenvalue weighted by molar-refractivity contribution is -0.144. The van der Waals surface area contributed by atoms with Crippen molar-refractivity contribution in [3.63, 3.8) is 0 Å². The van der Waals surface area contributed by atoms with Crippen LogP contribution in [-0.2, 0) is 14.3 Å². The Morgan fingerprint density at radius 1 is 1.26 bits per heavy atom. The van der Waals surface area contributed by atoms with Crippen molar-refractivity contribution in [3.8, 4) is 0 Å². The molecule has 2 saturated carbocycles. The van der Waals surface area contributed by atoms with E-state index >= 15 is 0 Å². The van der Waals surface area contributed by atoms with Crippen LogP contribution in [0.3, 0.4) is 0 Å². The molecule has 1 N–H and O–H groups in total. The molecule has 6 heteroatoms. The van der Waals surface area contributed by atoms with E-state index in [2.05, 4.69) is 5.32 Å². The fourth-order valence-corrected chi connectivity index (χ4v) is 2.36. The standard InChI is InChI=1S/C13H18N2O4/c16-10-13(4-5-13)11(17)15(12(18)14-10)6-1-7-19-8-9-2-3-9/h9H,1-8H2,(H,14,16,18). The summed E-state index contributed by atoms with van der Waals surface area (Å²) in [6, 6.07) is -0.588. The molecule has 1 spiro atoms. The van der Waals surface area contributed by atoms with Crippen LogP contribution >= 0.6 is 0 Å². The SMILES string of the molecule is O=C1NC(=O)C2(CC2)C(=O)N1CCCOCC1CC1. The van der Waals surface area contributed by atoms with Gasteiger partial charge >= 0.3 is 6.03 Å². The van der Waals surface area contributed by atoms with E-state index in [1.807, 2.05) is 0 Å². The van der Waals surface area contributed by atoms with Gasteiger partial charge in [0.2, 0.25) is 11.8 Å². The molecule has 0 unspecified atom stereocenters. The second-order valence-corrected chi connectivity index (χ2v) is 5.67. The van der Waals surface area contributed by atoms with Gasteiger partial charge in [0.15, 0.2) is 0 Å². The lowest BCUT2D eigenvalue weighted by Gasteiger charge is -2.30. The Kier molecular flexibility index (Phi) is 3.05. The van der Waals surface area contributed by atoms with Crippen LogP contribution in [0.1, 0.15) is 32.1 Å². The number of amides is 4. The van der Waals surface area contributed by atoms with E-state index in [0.717, 1.165) is 11.5 Å². The molecule has 1 heterocycles. The quantitative estimate of drug-likeness (QED) is 0.566. The molecular formula is C13H18N2O4. The number of nitrogens with one attached hydrogen (secondary N) is 1. The molecule has 0 bridgehead atoms. The highest BCUT2D eigenvalue weighted by atomic mass is 16.5. The third kappa shape index (κ3) is 2.36. The zero-order valence-corrected chi connectivity index (χ0v) is 10.8. The molecule has 0 aromatic rings. The summed E-state index contributed by atoms with van der Waals surface area (Å²) in [6.07, 6.45) is 4.23. The predicted octanol–water partition coefficient (Wildman–Crippen LogP) is 0.662. The monoisotopic (exact) mass is 266 g/mol. The number of hydrogen-bond donors (Lipinski definition) is 1. The van der Waals surface area contributed by atoms with Crippen LogP contribution in [0.25, 0.3) is 0 Å². The van der Waals surface area contributed by atoms with Crippen molar-refractivity contribution in [2.45, 2.75) is 32.1 Å². The lowest BCUT2D eigenvalue weighted by Crippen LogP contribution is -2.59. The number of imide groups is 2. The smallest absolute Gasteiger partial charge is 0.330 e. The summed E-state index contributed by atoms with van der Waals surface area (Å²) in [7, 11) is 0. The van der Waals surface area contributed by atoms with Gasteiger partial charge in [-0.3, -0.25) is 19.8 Å². The highest BCUT2D eigenvalue weighted by Gasteiger charge is 2.61. The van der Waals surface area contributed by atoms with Crippen molar-refractivity contribution in [2.24, 2.45) is 11.3 Å². The number of urea groups is 1. The Balaban J connectivity index is 1.47. The molecule has 0 aromatic carbocycles. The topological polar surface area (TPSA) is 75.7 Å². The van der Waals surface area contributed by atoms with Crippen LogP contribution < -0.4 is 5.32 Å². The fraction of sp³-hybridized carbons (Fsp3) is 0.769. The third-order valence-electron chi connectivity index (χ3n) is 4.03. The Morgan fingerprint density at radius 3 is 2.63 bits per heavy atom. The molecule has 2 aliphatic carbocycles. The molecular weight excluding hydrogens is 248 g/mol. The predicted molar refractivity (Wildman–Crippen MR) is 65.1 cm³/mol. The molecule has 6 nitrogen and oxygen atoms in total. The molecule has 0 atom stereocenters. The summed E-state index contributed by atoms with van der Waals surface area (Å²) in [5, 5.41) is 2.27. The molecule has 0 aromatic heterocycles. The number of rotatable bonds is 6. The number of carbonyl (C=O) groups excluding carboxylic acids is 3. The molecule has 104 valence electrons. The largest absolute Gasteiger partial charge is 0.381 e. The first-order chi connectivity index (χ1) is 9.13. The van der Waals surface area contributed by atoms with Crippen LogP contribution in [-0.4, -0.2) is 42.5 Å². The zero-order chi connectivity index (χ0) is 13.5. The Bertz CT molecular complexity index is 426. The van der Waals surface area contributed by atoms with Gasteiger partial charge < -0.3 is 4.74 Å². The van der Waals surface area contributed by atoms with Crippen molar-refractivity contribution in [2.75, 3.05) is 19.8 Å². The molecule has 1 aliphatic heterocycles. The van der Waals surface area contributed by atoms with Crippen LogP contribution in [0.15, 0.2) is 0 Å². The van der Waals surface area contributed by atoms with Gasteiger partial charge in [0, 0.05) is 19.8 Å². The normalized spacial score (nSPS) is 24.8. The maximum Gasteiger partial charge on any atom is 0.330 e. The van der Waals surface area contributed by atoms with Crippen LogP contribution in [0.4, 0.5) is 4.79 Å². The van der Waals surface area contributed by atoms with Gasteiger partial charge in [-0.1, -0.05) is 0 Å². The number of hydrogen-bond acceptors (Lipinski definition) is 4. The van der Waals surface area contributed by atoms with E-state index in [0.29, 0.717) is 38.3 Å². The lowest BCUT2D eigenvalue weighted by atomic mass is 10.0. The minimum absolute atomic E-state index is 0.324. The Hall–Kier alpha value is -1.43. The average molecular weight is 266 g/mol. The van der Waals surface area contributed by atoms with E-state index < -0.39 is 17.4 Å². The molecule has 3 rings (SSSR count). The zero-order valence-electron chi connectivity index (χ0n) is 10.8. The Labute approximate surface area is 111 Å². The van der Waals surface area contributed by atoms with E-state index in [9.17, 15) is 14.4 Å². The van der Waals surface area contributed by atoms with Gasteiger partial charge in [-0.05, 0) is 38.0 Å². The number of carbonyl (C=O) groups is 3. The second kappa shape index (κ2) is 4.59. The first-order valence-corrected chi connectivity index (χ1v) is 6.89. The first-order valence-electron chi connectivity index (χ1n) is 6.89. The summed E-state index contributed by atoms with van der Waals surface area (Å²) in [5.41, 5.74) is -0.928. The van der Waals surface area contributed by atoms with Crippen molar-refractivity contribution in [1.82, 2.24) is 10.2 Å². The van der Waals surface area contributed by atoms with Crippen LogP contribution in [0, 0.1) is 11.3 Å². The van der Waals surface area contributed by atoms with Gasteiger partial charge in [0.05, 0.1) is 0 Å². The van der Waals surface area contributed by atoms with Crippen LogP contribution in [0.2, 0.25) is 0 Å². The molecule has 4 amide bonds. The van der Waals surface area contributed by atoms with Crippen LogP contribution in [0.5, 0.6) is 0 Å². The minimum Gasteiger partial charge on any atom is -0.381 e. The fourth-order valence-electron chi connectivity index (χ4n) is 2.36. The highest BCUT2D eigenvalue weighted by Crippen LogP contribution is 2.48. The number of barbiturate groups is 1. The summed E-state index contributed by atoms with van der Waals surface area (Å²) >= 11 is 0. The first kappa shape index (κ1) is 12.6. The number of ether oxygens (including phenoxy) is 1. The minimum atomic E-state index is -0.928. The molecule has 3 fully saturated rings. The second-order valence-electron chi connectivity index (χ2n) is 5.67. The van der Waals surface area contributed by atoms with Crippen molar-refractivity contribution < 1.29 is 19.1 Å². The molecule has 3 aliphatic rings. The van der Waals surface area contributed by atoms with Crippen molar-refractivity contribution in [3.05, 3.63) is 0 Å². The highest BCUT2D eigenvalue weighted by molar-refractivity contribution is 6.20. The van der Waals surface area contributed by atoms with Crippen molar-refractivity contribution in [1.29, 1.82) is 0 Å². The van der Waals surface area contributed by atoms with E-state index in [1.165, 1.54) is 12.8 Å². The van der Waals surface area contributed by atoms with Gasteiger partial charge in [-0.2, -0.15) is 0 Å². The maximum absolute atomic E-state index is 12.1. The molecule has 1 saturated heterocycles. The van der Waals surface area contributed by atoms with Gasteiger partial charge in [0.1, 0.15) is 5.41 Å². The van der Waals surface area contributed by atoms with Gasteiger partial charge in [-0.15, -0.1) is 0 Å². The number of nitrogens with zero attached hydrogens (tertiary/aromatic N) is 1. The van der Waals surface area contributed by atoms with E-state index in [4.69, 9.17) is 4.74 Å².